The number of sulfonamides is 1. The Bertz CT molecular complexity index is 765. The van der Waals surface area contributed by atoms with Gasteiger partial charge in [0.05, 0.1) is 4.90 Å². The molecule has 0 spiro atoms. The highest BCUT2D eigenvalue weighted by atomic mass is 32.2. The van der Waals surface area contributed by atoms with Crippen molar-refractivity contribution in [3.8, 4) is 0 Å². The summed E-state index contributed by atoms with van der Waals surface area (Å²) >= 11 is 0. The second kappa shape index (κ2) is 6.29. The summed E-state index contributed by atoms with van der Waals surface area (Å²) in [5.74, 6) is -1.25. The molecule has 1 atom stereocenters. The van der Waals surface area contributed by atoms with E-state index in [1.807, 2.05) is 13.8 Å². The molecule has 0 bridgehead atoms. The quantitative estimate of drug-likeness (QED) is 0.886. The fourth-order valence-electron chi connectivity index (χ4n) is 1.96. The monoisotopic (exact) mass is 319 g/mol. The van der Waals surface area contributed by atoms with Crippen molar-refractivity contribution in [1.82, 2.24) is 4.72 Å². The third kappa shape index (κ3) is 3.72. The van der Waals surface area contributed by atoms with E-state index in [4.69, 9.17) is 0 Å². The van der Waals surface area contributed by atoms with E-state index in [9.17, 15) is 18.3 Å². The molecule has 0 saturated carbocycles. The highest BCUT2D eigenvalue weighted by molar-refractivity contribution is 7.89. The Morgan fingerprint density at radius 2 is 1.41 bits per heavy atom. The summed E-state index contributed by atoms with van der Waals surface area (Å²) in [6.45, 7) is 3.71. The molecule has 0 saturated heterocycles. The van der Waals surface area contributed by atoms with Gasteiger partial charge in [0.2, 0.25) is 10.0 Å². The molecule has 6 heteroatoms. The first-order valence-electron chi connectivity index (χ1n) is 6.68. The van der Waals surface area contributed by atoms with Gasteiger partial charge in [-0.1, -0.05) is 47.5 Å². The van der Waals surface area contributed by atoms with Crippen LogP contribution < -0.4 is 4.72 Å². The molecule has 0 radical (unpaired) electrons. The van der Waals surface area contributed by atoms with Crippen LogP contribution in [0.1, 0.15) is 22.7 Å². The van der Waals surface area contributed by atoms with E-state index in [1.165, 1.54) is 12.1 Å². The van der Waals surface area contributed by atoms with Gasteiger partial charge >= 0.3 is 5.97 Å². The summed E-state index contributed by atoms with van der Waals surface area (Å²) in [6.07, 6.45) is 0. The number of hydrogen-bond acceptors (Lipinski definition) is 3. The number of hydrogen-bond donors (Lipinski definition) is 2. The number of rotatable bonds is 5. The number of carboxylic acid groups (broad SMARTS) is 1. The Balaban J connectivity index is 2.33. The molecule has 2 aromatic carbocycles. The highest BCUT2D eigenvalue weighted by Crippen LogP contribution is 2.18. The number of carbonyl (C=O) groups is 1. The summed E-state index contributed by atoms with van der Waals surface area (Å²) in [4.78, 5) is 11.5. The molecule has 1 unspecified atom stereocenters. The molecule has 0 fully saturated rings. The minimum atomic E-state index is -3.91. The van der Waals surface area contributed by atoms with E-state index in [-0.39, 0.29) is 4.90 Å². The van der Waals surface area contributed by atoms with Gasteiger partial charge in [0, 0.05) is 0 Å². The molecule has 0 amide bonds. The normalized spacial score (nSPS) is 12.8. The van der Waals surface area contributed by atoms with Gasteiger partial charge in [-0.2, -0.15) is 4.72 Å². The molecule has 0 aliphatic rings. The highest BCUT2D eigenvalue weighted by Gasteiger charge is 2.26. The average molecular weight is 319 g/mol. The van der Waals surface area contributed by atoms with E-state index in [1.54, 1.807) is 36.4 Å². The Morgan fingerprint density at radius 3 is 1.86 bits per heavy atom. The molecule has 0 aliphatic heterocycles. The molecule has 2 N–H and O–H groups in total. The summed E-state index contributed by atoms with van der Waals surface area (Å²) in [5.41, 5.74) is 2.27. The number of aliphatic carboxylic acids is 1. The van der Waals surface area contributed by atoms with Crippen molar-refractivity contribution in [2.24, 2.45) is 0 Å². The van der Waals surface area contributed by atoms with Crippen molar-refractivity contribution in [2.75, 3.05) is 0 Å². The van der Waals surface area contributed by atoms with Crippen LogP contribution >= 0.6 is 0 Å². The largest absolute Gasteiger partial charge is 0.480 e. The van der Waals surface area contributed by atoms with Crippen molar-refractivity contribution >= 4 is 16.0 Å². The molecule has 0 heterocycles. The molecular formula is C16H17NO4S. The molecule has 2 aromatic rings. The average Bonchev–Trinajstić information content (AvgIpc) is 2.46. The topological polar surface area (TPSA) is 83.5 Å². The lowest BCUT2D eigenvalue weighted by Crippen LogP contribution is -2.33. The van der Waals surface area contributed by atoms with Gasteiger partial charge in [-0.25, -0.2) is 8.42 Å². The van der Waals surface area contributed by atoms with Crippen LogP contribution in [-0.4, -0.2) is 19.5 Å². The van der Waals surface area contributed by atoms with Gasteiger partial charge in [0.1, 0.15) is 6.04 Å². The third-order valence-electron chi connectivity index (χ3n) is 3.26. The molecule has 0 aliphatic carbocycles. The minimum absolute atomic E-state index is 0.0384. The number of nitrogens with one attached hydrogen (secondary N) is 1. The van der Waals surface area contributed by atoms with Gasteiger partial charge < -0.3 is 5.11 Å². The Morgan fingerprint density at radius 1 is 0.955 bits per heavy atom. The van der Waals surface area contributed by atoms with Crippen molar-refractivity contribution < 1.29 is 18.3 Å². The van der Waals surface area contributed by atoms with Crippen LogP contribution in [0.5, 0.6) is 0 Å². The standard InChI is InChI=1S/C16H17NO4S/c1-11-3-7-13(8-4-11)15(16(18)19)17-22(20,21)14-9-5-12(2)6-10-14/h3-10,15,17H,1-2H3,(H,18,19). The summed E-state index contributed by atoms with van der Waals surface area (Å²) in [7, 11) is -3.91. The van der Waals surface area contributed by atoms with Crippen LogP contribution in [0, 0.1) is 13.8 Å². The lowest BCUT2D eigenvalue weighted by Gasteiger charge is -2.15. The van der Waals surface area contributed by atoms with E-state index >= 15 is 0 Å². The number of aryl methyl sites for hydroxylation is 2. The smallest absolute Gasteiger partial charge is 0.326 e. The predicted molar refractivity (Wildman–Crippen MR) is 83.1 cm³/mol. The first kappa shape index (κ1) is 16.2. The zero-order valence-electron chi connectivity index (χ0n) is 12.3. The fourth-order valence-corrected chi connectivity index (χ4v) is 3.14. The van der Waals surface area contributed by atoms with Gasteiger partial charge in [-0.15, -0.1) is 0 Å². The summed E-state index contributed by atoms with van der Waals surface area (Å²) in [5, 5.41) is 9.32. The molecule has 2 rings (SSSR count). The molecule has 5 nitrogen and oxygen atoms in total. The second-order valence-corrected chi connectivity index (χ2v) is 6.83. The molecule has 0 aromatic heterocycles. The lowest BCUT2D eigenvalue weighted by atomic mass is 10.1. The fraction of sp³-hybridized carbons (Fsp3) is 0.188. The second-order valence-electron chi connectivity index (χ2n) is 5.12. The first-order valence-corrected chi connectivity index (χ1v) is 8.16. The van der Waals surface area contributed by atoms with Crippen molar-refractivity contribution in [3.05, 3.63) is 65.2 Å². The van der Waals surface area contributed by atoms with Crippen LogP contribution in [0.25, 0.3) is 0 Å². The van der Waals surface area contributed by atoms with E-state index < -0.39 is 22.0 Å². The first-order chi connectivity index (χ1) is 10.3. The zero-order chi connectivity index (χ0) is 16.3. The minimum Gasteiger partial charge on any atom is -0.480 e. The predicted octanol–water partition coefficient (Wildman–Crippen LogP) is 2.41. The maximum absolute atomic E-state index is 12.3. The SMILES string of the molecule is Cc1ccc(C(NS(=O)(=O)c2ccc(C)cc2)C(=O)O)cc1. The van der Waals surface area contributed by atoms with E-state index in [0.717, 1.165) is 11.1 Å². The summed E-state index contributed by atoms with van der Waals surface area (Å²) < 4.78 is 26.9. The van der Waals surface area contributed by atoms with Crippen molar-refractivity contribution in [3.63, 3.8) is 0 Å². The van der Waals surface area contributed by atoms with Crippen LogP contribution in [-0.2, 0) is 14.8 Å². The maximum Gasteiger partial charge on any atom is 0.326 e. The third-order valence-corrected chi connectivity index (χ3v) is 4.70. The summed E-state index contributed by atoms with van der Waals surface area (Å²) in [6, 6.07) is 11.6. The lowest BCUT2D eigenvalue weighted by molar-refractivity contribution is -0.139. The van der Waals surface area contributed by atoms with Crippen molar-refractivity contribution in [2.45, 2.75) is 24.8 Å². The Labute approximate surface area is 129 Å². The van der Waals surface area contributed by atoms with Crippen LogP contribution in [0.15, 0.2) is 53.4 Å². The number of carboxylic acids is 1. The zero-order valence-corrected chi connectivity index (χ0v) is 13.1. The van der Waals surface area contributed by atoms with Crippen LogP contribution in [0.2, 0.25) is 0 Å². The van der Waals surface area contributed by atoms with E-state index in [0.29, 0.717) is 5.56 Å². The van der Waals surface area contributed by atoms with Gasteiger partial charge in [-0.05, 0) is 31.5 Å². The van der Waals surface area contributed by atoms with Crippen molar-refractivity contribution in [1.29, 1.82) is 0 Å². The molecule has 116 valence electrons. The number of benzene rings is 2. The molecule has 22 heavy (non-hydrogen) atoms. The van der Waals surface area contributed by atoms with Crippen LogP contribution in [0.4, 0.5) is 0 Å². The van der Waals surface area contributed by atoms with Gasteiger partial charge in [0.15, 0.2) is 0 Å². The Hall–Kier alpha value is -2.18. The van der Waals surface area contributed by atoms with Gasteiger partial charge in [0.25, 0.3) is 0 Å². The van der Waals surface area contributed by atoms with E-state index in [2.05, 4.69) is 4.72 Å². The van der Waals surface area contributed by atoms with Crippen LogP contribution in [0.3, 0.4) is 0 Å². The maximum atomic E-state index is 12.3. The molecular weight excluding hydrogens is 302 g/mol. The van der Waals surface area contributed by atoms with Gasteiger partial charge in [-0.3, -0.25) is 4.79 Å². The Kier molecular flexibility index (Phi) is 4.63.